The Morgan fingerprint density at radius 3 is 2.75 bits per heavy atom. The second-order valence-electron chi connectivity index (χ2n) is 3.03. The number of hydrogen-bond acceptors (Lipinski definition) is 3. The van der Waals surface area contributed by atoms with Crippen molar-refractivity contribution >= 4 is 15.9 Å². The second-order valence-corrected chi connectivity index (χ2v) is 3.88. The number of aromatic amines is 1. The van der Waals surface area contributed by atoms with Gasteiger partial charge in [0, 0.05) is 0 Å². The van der Waals surface area contributed by atoms with Crippen molar-refractivity contribution in [2.45, 2.75) is 6.10 Å². The molecule has 1 unspecified atom stereocenters. The molecule has 0 saturated carbocycles. The van der Waals surface area contributed by atoms with Crippen molar-refractivity contribution < 1.29 is 13.9 Å². The van der Waals surface area contributed by atoms with Gasteiger partial charge in [-0.2, -0.15) is 5.10 Å². The number of nitrogens with zero attached hydrogens (tertiary/aromatic N) is 2. The van der Waals surface area contributed by atoms with E-state index in [4.69, 9.17) is 0 Å². The third-order valence-corrected chi connectivity index (χ3v) is 2.66. The number of aliphatic hydroxyl groups is 1. The van der Waals surface area contributed by atoms with E-state index in [1.54, 1.807) is 0 Å². The molecule has 0 aliphatic carbocycles. The van der Waals surface area contributed by atoms with E-state index in [1.165, 1.54) is 6.07 Å². The molecule has 1 atom stereocenters. The summed E-state index contributed by atoms with van der Waals surface area (Å²) in [6, 6.07) is 2.28. The number of nitrogens with one attached hydrogen (secondary N) is 1. The molecular weight excluding hydrogens is 284 g/mol. The van der Waals surface area contributed by atoms with Gasteiger partial charge in [0.2, 0.25) is 0 Å². The fraction of sp³-hybridized carbons (Fsp3) is 0.111. The third kappa shape index (κ3) is 1.83. The van der Waals surface area contributed by atoms with E-state index in [1.807, 2.05) is 0 Å². The van der Waals surface area contributed by atoms with Crippen LogP contribution in [0.25, 0.3) is 0 Å². The molecule has 0 aliphatic rings. The third-order valence-electron chi connectivity index (χ3n) is 2.05. The summed E-state index contributed by atoms with van der Waals surface area (Å²) >= 11 is 2.91. The lowest BCUT2D eigenvalue weighted by molar-refractivity contribution is 0.199. The van der Waals surface area contributed by atoms with E-state index in [2.05, 4.69) is 31.1 Å². The maximum atomic E-state index is 13.6. The lowest BCUT2D eigenvalue weighted by atomic mass is 10.1. The fourth-order valence-corrected chi connectivity index (χ4v) is 1.62. The summed E-state index contributed by atoms with van der Waals surface area (Å²) in [5.41, 5.74) is -0.467. The van der Waals surface area contributed by atoms with Crippen LogP contribution in [0.3, 0.4) is 0 Å². The highest BCUT2D eigenvalue weighted by Crippen LogP contribution is 2.28. The van der Waals surface area contributed by atoms with Crippen LogP contribution >= 0.6 is 15.9 Å². The average Bonchev–Trinajstić information content (AvgIpc) is 2.77. The Hall–Kier alpha value is -1.34. The first-order valence-corrected chi connectivity index (χ1v) is 5.07. The number of hydrogen-bond donors (Lipinski definition) is 2. The van der Waals surface area contributed by atoms with Crippen molar-refractivity contribution in [2.75, 3.05) is 0 Å². The minimum absolute atomic E-state index is 0.0177. The van der Waals surface area contributed by atoms with Gasteiger partial charge in [0.05, 0.1) is 10.0 Å². The summed E-state index contributed by atoms with van der Waals surface area (Å²) in [6.07, 6.45) is -0.369. The summed E-state index contributed by atoms with van der Waals surface area (Å²) in [5.74, 6) is -1.72. The summed E-state index contributed by atoms with van der Waals surface area (Å²) in [7, 11) is 0. The van der Waals surface area contributed by atoms with Crippen LogP contribution in [0.15, 0.2) is 22.9 Å². The quantitative estimate of drug-likeness (QED) is 0.831. The standard InChI is InChI=1S/C9H6BrF2N3O/c10-4-1-2-5(11)6(7(4)12)8(16)9-13-3-14-15-9/h1-3,8,16H,(H,13,14,15). The Bertz CT molecular complexity index is 504. The van der Waals surface area contributed by atoms with Crippen molar-refractivity contribution in [3.05, 3.63) is 46.0 Å². The highest BCUT2D eigenvalue weighted by molar-refractivity contribution is 9.10. The topological polar surface area (TPSA) is 61.8 Å². The summed E-state index contributed by atoms with van der Waals surface area (Å²) in [6.45, 7) is 0. The molecule has 0 aliphatic heterocycles. The average molecular weight is 290 g/mol. The molecule has 0 amide bonds. The monoisotopic (exact) mass is 289 g/mol. The number of H-pyrrole nitrogens is 1. The van der Waals surface area contributed by atoms with Crippen molar-refractivity contribution in [2.24, 2.45) is 0 Å². The molecule has 84 valence electrons. The molecule has 0 saturated heterocycles. The van der Waals surface area contributed by atoms with Gasteiger partial charge in [-0.25, -0.2) is 13.8 Å². The maximum Gasteiger partial charge on any atom is 0.157 e. The summed E-state index contributed by atoms with van der Waals surface area (Å²) in [4.78, 5) is 3.64. The molecule has 2 aromatic rings. The normalized spacial score (nSPS) is 12.8. The van der Waals surface area contributed by atoms with Gasteiger partial charge < -0.3 is 5.11 Å². The van der Waals surface area contributed by atoms with Gasteiger partial charge in [0.15, 0.2) is 5.82 Å². The minimum atomic E-state index is -1.51. The van der Waals surface area contributed by atoms with E-state index >= 15 is 0 Å². The number of aliphatic hydroxyl groups excluding tert-OH is 1. The van der Waals surface area contributed by atoms with Crippen LogP contribution < -0.4 is 0 Å². The molecule has 0 bridgehead atoms. The second kappa shape index (κ2) is 4.26. The van der Waals surface area contributed by atoms with E-state index in [9.17, 15) is 13.9 Å². The van der Waals surface area contributed by atoms with E-state index in [0.29, 0.717) is 0 Å². The summed E-state index contributed by atoms with van der Waals surface area (Å²) in [5, 5.41) is 15.6. The predicted molar refractivity (Wildman–Crippen MR) is 54.5 cm³/mol. The van der Waals surface area contributed by atoms with Crippen molar-refractivity contribution in [1.29, 1.82) is 0 Å². The van der Waals surface area contributed by atoms with Crippen molar-refractivity contribution in [3.63, 3.8) is 0 Å². The molecule has 0 spiro atoms. The van der Waals surface area contributed by atoms with Crippen molar-refractivity contribution in [1.82, 2.24) is 15.2 Å². The lowest BCUT2D eigenvalue weighted by Crippen LogP contribution is -2.08. The Kier molecular flexibility index (Phi) is 2.97. The number of benzene rings is 1. The van der Waals surface area contributed by atoms with Crippen LogP contribution in [0.1, 0.15) is 17.5 Å². The molecule has 7 heteroatoms. The molecule has 1 aromatic carbocycles. The van der Waals surface area contributed by atoms with Crippen LogP contribution in [-0.2, 0) is 0 Å². The zero-order valence-corrected chi connectivity index (χ0v) is 9.37. The zero-order valence-electron chi connectivity index (χ0n) is 7.78. The van der Waals surface area contributed by atoms with E-state index in [0.717, 1.165) is 12.4 Å². The summed E-state index contributed by atoms with van der Waals surface area (Å²) < 4.78 is 27.1. The Morgan fingerprint density at radius 2 is 2.12 bits per heavy atom. The maximum absolute atomic E-state index is 13.6. The largest absolute Gasteiger partial charge is 0.380 e. The number of aromatic nitrogens is 3. The highest BCUT2D eigenvalue weighted by atomic mass is 79.9. The predicted octanol–water partition coefficient (Wildman–Crippen LogP) is 1.93. The van der Waals surface area contributed by atoms with Crippen LogP contribution in [0.4, 0.5) is 8.78 Å². The molecule has 2 N–H and O–H groups in total. The Labute approximate surface area is 97.5 Å². The van der Waals surface area contributed by atoms with Gasteiger partial charge in [-0.05, 0) is 28.1 Å². The molecular formula is C9H6BrF2N3O. The molecule has 2 rings (SSSR count). The zero-order chi connectivity index (χ0) is 11.7. The Morgan fingerprint density at radius 1 is 1.38 bits per heavy atom. The molecule has 1 aromatic heterocycles. The number of rotatable bonds is 2. The number of halogens is 3. The van der Waals surface area contributed by atoms with Crippen LogP contribution in [0.2, 0.25) is 0 Å². The van der Waals surface area contributed by atoms with Crippen molar-refractivity contribution in [3.8, 4) is 0 Å². The highest BCUT2D eigenvalue weighted by Gasteiger charge is 2.23. The molecule has 16 heavy (non-hydrogen) atoms. The van der Waals surface area contributed by atoms with Gasteiger partial charge >= 0.3 is 0 Å². The minimum Gasteiger partial charge on any atom is -0.380 e. The van der Waals surface area contributed by atoms with Gasteiger partial charge in [-0.3, -0.25) is 5.10 Å². The fourth-order valence-electron chi connectivity index (χ4n) is 1.28. The molecule has 0 fully saturated rings. The van der Waals surface area contributed by atoms with Crippen LogP contribution in [0.5, 0.6) is 0 Å². The van der Waals surface area contributed by atoms with E-state index < -0.39 is 23.3 Å². The van der Waals surface area contributed by atoms with Gasteiger partial charge in [-0.1, -0.05) is 0 Å². The molecule has 1 heterocycles. The first kappa shape index (κ1) is 11.2. The first-order chi connectivity index (χ1) is 7.61. The van der Waals surface area contributed by atoms with Gasteiger partial charge in [-0.15, -0.1) is 0 Å². The Balaban J connectivity index is 2.52. The van der Waals surface area contributed by atoms with Crippen LogP contribution in [-0.4, -0.2) is 20.3 Å². The first-order valence-electron chi connectivity index (χ1n) is 4.28. The lowest BCUT2D eigenvalue weighted by Gasteiger charge is -2.10. The van der Waals surface area contributed by atoms with Gasteiger partial charge in [0.25, 0.3) is 0 Å². The molecule has 0 radical (unpaired) electrons. The van der Waals surface area contributed by atoms with Gasteiger partial charge in [0.1, 0.15) is 24.1 Å². The SMILES string of the molecule is OC(c1ncn[nH]1)c1c(F)ccc(Br)c1F. The van der Waals surface area contributed by atoms with E-state index in [-0.39, 0.29) is 10.3 Å². The van der Waals surface area contributed by atoms with Crippen LogP contribution in [0, 0.1) is 11.6 Å². The molecule has 4 nitrogen and oxygen atoms in total. The smallest absolute Gasteiger partial charge is 0.157 e.